The van der Waals surface area contributed by atoms with Crippen molar-refractivity contribution in [3.05, 3.63) is 95.1 Å². The topological polar surface area (TPSA) is 81.7 Å². The quantitative estimate of drug-likeness (QED) is 0.226. The molecule has 7 rings (SSSR count). The highest BCUT2D eigenvalue weighted by Gasteiger charge is 2.53. The van der Waals surface area contributed by atoms with Gasteiger partial charge in [-0.2, -0.15) is 13.2 Å². The molecule has 1 heterocycles. The highest BCUT2D eigenvalue weighted by atomic mass is 32.2. The van der Waals surface area contributed by atoms with E-state index >= 15 is 0 Å². The van der Waals surface area contributed by atoms with Gasteiger partial charge in [0.15, 0.2) is 0 Å². The monoisotopic (exact) mass is 639 g/mol. The van der Waals surface area contributed by atoms with Crippen LogP contribution in [-0.4, -0.2) is 13.9 Å². The Bertz CT molecular complexity index is 1810. The summed E-state index contributed by atoms with van der Waals surface area (Å²) in [5, 5.41) is 0. The zero-order valence-electron chi connectivity index (χ0n) is 23.6. The molecule has 0 saturated carbocycles. The van der Waals surface area contributed by atoms with E-state index in [0.717, 1.165) is 60.8 Å². The summed E-state index contributed by atoms with van der Waals surface area (Å²) in [6.45, 7) is 0. The number of halogens is 3. The van der Waals surface area contributed by atoms with E-state index in [-0.39, 0.29) is 11.5 Å². The zero-order chi connectivity index (χ0) is 30.7. The molecule has 0 unspecified atom stereocenters. The van der Waals surface area contributed by atoms with Crippen molar-refractivity contribution >= 4 is 17.8 Å². The van der Waals surface area contributed by atoms with E-state index in [2.05, 4.69) is 0 Å². The maximum absolute atomic E-state index is 14.5. The molecule has 0 saturated heterocycles. The smallest absolute Gasteiger partial charge is 0.403 e. The molecule has 44 heavy (non-hydrogen) atoms. The van der Waals surface area contributed by atoms with E-state index < -0.39 is 23.3 Å². The Labute approximate surface area is 253 Å². The summed E-state index contributed by atoms with van der Waals surface area (Å²) in [6.07, 6.45) is 6.65. The highest BCUT2D eigenvalue weighted by Crippen LogP contribution is 2.62. The maximum Gasteiger partial charge on any atom is 0.526 e. The molecular weight excluding hydrogens is 610 g/mol. The molecule has 0 atom stereocenters. The van der Waals surface area contributed by atoms with Crippen LogP contribution in [0, 0.1) is 0 Å². The minimum atomic E-state index is -6.13. The first-order chi connectivity index (χ1) is 21.0. The van der Waals surface area contributed by atoms with Gasteiger partial charge in [-0.05, 0) is 96.9 Å². The second-order valence-corrected chi connectivity index (χ2v) is 15.0. The van der Waals surface area contributed by atoms with Crippen molar-refractivity contribution in [3.8, 4) is 44.9 Å². The average molecular weight is 640 g/mol. The third-order valence-electron chi connectivity index (χ3n) is 8.58. The summed E-state index contributed by atoms with van der Waals surface area (Å²) in [6, 6.07) is 22.2. The van der Waals surface area contributed by atoms with Gasteiger partial charge in [0.2, 0.25) is 0 Å². The van der Waals surface area contributed by atoms with Crippen LogP contribution in [0.25, 0.3) is 33.4 Å². The minimum absolute atomic E-state index is 0.0572. The van der Waals surface area contributed by atoms with Crippen LogP contribution in [0.15, 0.2) is 72.8 Å². The molecule has 4 aromatic carbocycles. The van der Waals surface area contributed by atoms with Crippen molar-refractivity contribution in [2.75, 3.05) is 0 Å². The lowest BCUT2D eigenvalue weighted by atomic mass is 9.77. The second kappa shape index (κ2) is 10.8. The molecule has 0 fully saturated rings. The van der Waals surface area contributed by atoms with Gasteiger partial charge in [-0.1, -0.05) is 65.2 Å². The van der Waals surface area contributed by atoms with Crippen molar-refractivity contribution in [1.82, 2.24) is 4.49 Å². The molecule has 11 heteroatoms. The summed E-state index contributed by atoms with van der Waals surface area (Å²) in [7, 11) is -11.4. The number of fused-ring (bicyclic) bond motifs is 7. The minimum Gasteiger partial charge on any atom is -0.403 e. The van der Waals surface area contributed by atoms with E-state index in [0.29, 0.717) is 46.2 Å². The molecule has 0 bridgehead atoms. The molecular formula is C33H29F3NO5PS. The lowest BCUT2D eigenvalue weighted by Crippen LogP contribution is -2.36. The largest absolute Gasteiger partial charge is 0.526 e. The van der Waals surface area contributed by atoms with Crippen molar-refractivity contribution in [2.45, 2.75) is 56.9 Å². The molecule has 0 amide bonds. The van der Waals surface area contributed by atoms with E-state index in [4.69, 9.17) is 9.05 Å². The Kier molecular flexibility index (Phi) is 7.15. The fourth-order valence-corrected chi connectivity index (χ4v) is 9.43. The van der Waals surface area contributed by atoms with Gasteiger partial charge in [-0.3, -0.25) is 0 Å². The molecule has 1 N–H and O–H groups in total. The third-order valence-corrected chi connectivity index (χ3v) is 11.9. The van der Waals surface area contributed by atoms with Gasteiger partial charge >= 0.3 is 23.3 Å². The lowest BCUT2D eigenvalue weighted by Gasteiger charge is -2.28. The van der Waals surface area contributed by atoms with Crippen LogP contribution >= 0.6 is 7.75 Å². The SMILES string of the molecule is O=P1(NS(=O)(=O)C(F)(F)F)Oc2c(-c3ccccc3)cc3c(c2-c2c4c(cc(-c5ccccc5)c2O1)CCCC4)CCCC3. The van der Waals surface area contributed by atoms with Gasteiger partial charge < -0.3 is 9.05 Å². The van der Waals surface area contributed by atoms with E-state index in [1.807, 2.05) is 72.8 Å². The van der Waals surface area contributed by atoms with E-state index in [1.165, 1.54) is 4.49 Å². The van der Waals surface area contributed by atoms with E-state index in [9.17, 15) is 26.2 Å². The van der Waals surface area contributed by atoms with Gasteiger partial charge in [0.25, 0.3) is 0 Å². The number of hydrogen-bond donors (Lipinski definition) is 1. The van der Waals surface area contributed by atoms with Crippen LogP contribution in [0.1, 0.15) is 47.9 Å². The molecule has 6 nitrogen and oxygen atoms in total. The molecule has 228 valence electrons. The van der Waals surface area contributed by atoms with Crippen molar-refractivity contribution in [3.63, 3.8) is 0 Å². The van der Waals surface area contributed by atoms with Gasteiger partial charge in [0.05, 0.1) is 0 Å². The fraction of sp³-hybridized carbons (Fsp3) is 0.273. The number of sulfonamides is 1. The van der Waals surface area contributed by atoms with Crippen LogP contribution in [-0.2, 0) is 40.3 Å². The van der Waals surface area contributed by atoms with Gasteiger partial charge in [-0.25, -0.2) is 13.0 Å². The van der Waals surface area contributed by atoms with Gasteiger partial charge in [0, 0.05) is 22.3 Å². The van der Waals surface area contributed by atoms with Gasteiger partial charge in [-0.15, -0.1) is 0 Å². The predicted octanol–water partition coefficient (Wildman–Crippen LogP) is 8.76. The Morgan fingerprint density at radius 2 is 1.07 bits per heavy atom. The number of aryl methyl sites for hydroxylation is 2. The van der Waals surface area contributed by atoms with Crippen LogP contribution in [0.2, 0.25) is 0 Å². The first-order valence-electron chi connectivity index (χ1n) is 14.6. The number of hydrogen-bond acceptors (Lipinski definition) is 5. The molecule has 0 aromatic heterocycles. The molecule has 3 aliphatic rings. The van der Waals surface area contributed by atoms with Crippen molar-refractivity contribution in [2.24, 2.45) is 0 Å². The summed E-state index contributed by atoms with van der Waals surface area (Å²) in [4.78, 5) is 0. The number of alkyl halides is 3. The standard InChI is InChI=1S/C33H29F3NO5PS/c34-33(35,36)44(39,40)37-43(38)41-31-27(21-11-3-1-4-12-21)19-23-15-7-9-17-25(23)29(31)30-26-18-10-8-16-24(26)20-28(32(30)42-43)22-13-5-2-6-14-22/h1-6,11-14,19-20H,7-10,15-18H2,(H,37,38). The van der Waals surface area contributed by atoms with Crippen LogP contribution in [0.3, 0.4) is 0 Å². The molecule has 0 radical (unpaired) electrons. The van der Waals surface area contributed by atoms with Gasteiger partial charge in [0.1, 0.15) is 11.5 Å². The number of benzene rings is 4. The number of rotatable bonds is 4. The molecule has 4 aromatic rings. The fourth-order valence-electron chi connectivity index (χ4n) is 6.65. The first-order valence-corrected chi connectivity index (χ1v) is 17.7. The Morgan fingerprint density at radius 3 is 1.48 bits per heavy atom. The normalized spacial score (nSPS) is 17.2. The Hall–Kier alpha value is -3.59. The Balaban J connectivity index is 1.62. The number of nitrogens with one attached hydrogen (secondary N) is 1. The summed E-state index contributed by atoms with van der Waals surface area (Å²) in [5.41, 5.74) is 1.98. The highest BCUT2D eigenvalue weighted by molar-refractivity contribution is 7.95. The zero-order valence-corrected chi connectivity index (χ0v) is 25.3. The molecule has 2 aliphatic carbocycles. The second-order valence-electron chi connectivity index (χ2n) is 11.4. The molecule has 0 spiro atoms. The maximum atomic E-state index is 14.5. The average Bonchev–Trinajstić information content (AvgIpc) is 3.14. The lowest BCUT2D eigenvalue weighted by molar-refractivity contribution is -0.0443. The van der Waals surface area contributed by atoms with E-state index in [1.54, 1.807) is 0 Å². The van der Waals surface area contributed by atoms with Crippen LogP contribution in [0.5, 0.6) is 11.5 Å². The third kappa shape index (κ3) is 5.03. The predicted molar refractivity (Wildman–Crippen MR) is 163 cm³/mol. The summed E-state index contributed by atoms with van der Waals surface area (Å²) in [5.74, 6) is 0.114. The molecule has 1 aliphatic heterocycles. The first kappa shape index (κ1) is 29.1. The van der Waals surface area contributed by atoms with Crippen LogP contribution in [0.4, 0.5) is 13.2 Å². The summed E-state index contributed by atoms with van der Waals surface area (Å²) < 4.78 is 93.9. The summed E-state index contributed by atoms with van der Waals surface area (Å²) >= 11 is 0. The Morgan fingerprint density at radius 1 is 0.659 bits per heavy atom. The van der Waals surface area contributed by atoms with Crippen molar-refractivity contribution < 1.29 is 35.2 Å². The van der Waals surface area contributed by atoms with Crippen molar-refractivity contribution in [1.29, 1.82) is 0 Å². The van der Waals surface area contributed by atoms with Crippen LogP contribution < -0.4 is 13.5 Å².